The van der Waals surface area contributed by atoms with Gasteiger partial charge in [-0.25, -0.2) is 0 Å². The molecule has 0 radical (unpaired) electrons. The molecule has 1 aromatic rings. The highest BCUT2D eigenvalue weighted by molar-refractivity contribution is 7.99. The fourth-order valence-corrected chi connectivity index (χ4v) is 2.15. The second-order valence-electron chi connectivity index (χ2n) is 3.26. The van der Waals surface area contributed by atoms with E-state index in [1.807, 2.05) is 11.6 Å². The first kappa shape index (κ1) is 11.3. The molecule has 0 aliphatic rings. The highest BCUT2D eigenvalue weighted by Crippen LogP contribution is 2.21. The van der Waals surface area contributed by atoms with E-state index in [-0.39, 0.29) is 0 Å². The summed E-state index contributed by atoms with van der Waals surface area (Å²) in [6.45, 7) is 5.10. The minimum absolute atomic E-state index is 0.307. The summed E-state index contributed by atoms with van der Waals surface area (Å²) in [5.74, 6) is 1.47. The zero-order chi connectivity index (χ0) is 10.6. The molecule has 0 atom stereocenters. The Balaban J connectivity index is 2.66. The average Bonchev–Trinajstić information content (AvgIpc) is 2.47. The molecule has 6 heteroatoms. The van der Waals surface area contributed by atoms with E-state index in [0.717, 1.165) is 17.5 Å². The summed E-state index contributed by atoms with van der Waals surface area (Å²) in [5, 5.41) is 11.9. The fourth-order valence-electron chi connectivity index (χ4n) is 1.12. The number of thioether (sulfide) groups is 1. The van der Waals surface area contributed by atoms with Gasteiger partial charge in [0.05, 0.1) is 0 Å². The summed E-state index contributed by atoms with van der Waals surface area (Å²) in [5.41, 5.74) is 5.71. The SMILES string of the molecule is CNCCSc1nnc(N)n1C(C)C. The van der Waals surface area contributed by atoms with Gasteiger partial charge in [-0.1, -0.05) is 11.8 Å². The molecule has 0 saturated carbocycles. The molecule has 14 heavy (non-hydrogen) atoms. The van der Waals surface area contributed by atoms with Crippen LogP contribution in [0.15, 0.2) is 5.16 Å². The summed E-state index contributed by atoms with van der Waals surface area (Å²) < 4.78 is 1.94. The number of nitrogens with zero attached hydrogens (tertiary/aromatic N) is 3. The van der Waals surface area contributed by atoms with Crippen LogP contribution in [0.1, 0.15) is 19.9 Å². The second kappa shape index (κ2) is 5.21. The zero-order valence-corrected chi connectivity index (χ0v) is 9.64. The molecule has 0 spiro atoms. The maximum atomic E-state index is 5.71. The number of anilines is 1. The number of nitrogens with two attached hydrogens (primary N) is 1. The topological polar surface area (TPSA) is 68.8 Å². The Morgan fingerprint density at radius 3 is 2.79 bits per heavy atom. The van der Waals surface area contributed by atoms with Crippen LogP contribution in [0, 0.1) is 0 Å². The molecule has 0 fully saturated rings. The van der Waals surface area contributed by atoms with Crippen LogP contribution >= 0.6 is 11.8 Å². The third-order valence-corrected chi connectivity index (χ3v) is 2.74. The van der Waals surface area contributed by atoms with Crippen molar-refractivity contribution in [2.75, 3.05) is 25.1 Å². The predicted molar refractivity (Wildman–Crippen MR) is 59.5 cm³/mol. The summed E-state index contributed by atoms with van der Waals surface area (Å²) in [7, 11) is 1.93. The molecule has 80 valence electrons. The van der Waals surface area contributed by atoms with Crippen LogP contribution in [0.3, 0.4) is 0 Å². The van der Waals surface area contributed by atoms with Gasteiger partial charge >= 0.3 is 0 Å². The van der Waals surface area contributed by atoms with E-state index in [1.54, 1.807) is 11.8 Å². The number of nitrogen functional groups attached to an aromatic ring is 1. The molecule has 0 aliphatic carbocycles. The predicted octanol–water partition coefficient (Wildman–Crippen LogP) is 0.753. The third kappa shape index (κ3) is 2.62. The molecule has 1 heterocycles. The van der Waals surface area contributed by atoms with Gasteiger partial charge in [-0.2, -0.15) is 0 Å². The van der Waals surface area contributed by atoms with Gasteiger partial charge in [-0.15, -0.1) is 10.2 Å². The first-order valence-corrected chi connectivity index (χ1v) is 5.63. The van der Waals surface area contributed by atoms with Crippen molar-refractivity contribution in [3.63, 3.8) is 0 Å². The van der Waals surface area contributed by atoms with Gasteiger partial charge in [0.15, 0.2) is 5.16 Å². The Kier molecular flexibility index (Phi) is 4.21. The van der Waals surface area contributed by atoms with Crippen LogP contribution in [0.2, 0.25) is 0 Å². The van der Waals surface area contributed by atoms with E-state index >= 15 is 0 Å². The Hall–Kier alpha value is -0.750. The van der Waals surface area contributed by atoms with Crippen molar-refractivity contribution in [3.8, 4) is 0 Å². The zero-order valence-electron chi connectivity index (χ0n) is 8.82. The molecule has 0 aliphatic heterocycles. The second-order valence-corrected chi connectivity index (χ2v) is 4.32. The Bertz CT molecular complexity index is 283. The van der Waals surface area contributed by atoms with Crippen LogP contribution in [-0.2, 0) is 0 Å². The number of aromatic nitrogens is 3. The van der Waals surface area contributed by atoms with E-state index in [0.29, 0.717) is 12.0 Å². The first-order valence-electron chi connectivity index (χ1n) is 4.64. The molecule has 0 saturated heterocycles. The molecule has 1 aromatic heterocycles. The Morgan fingerprint density at radius 2 is 2.21 bits per heavy atom. The third-order valence-electron chi connectivity index (χ3n) is 1.79. The van der Waals surface area contributed by atoms with E-state index in [4.69, 9.17) is 5.73 Å². The average molecular weight is 215 g/mol. The summed E-state index contributed by atoms with van der Waals surface area (Å²) in [4.78, 5) is 0. The molecule has 0 unspecified atom stereocenters. The van der Waals surface area contributed by atoms with Gasteiger partial charge in [0, 0.05) is 18.3 Å². The van der Waals surface area contributed by atoms with Crippen LogP contribution in [0.4, 0.5) is 5.95 Å². The van der Waals surface area contributed by atoms with Crippen molar-refractivity contribution in [2.45, 2.75) is 25.0 Å². The van der Waals surface area contributed by atoms with E-state index in [1.165, 1.54) is 0 Å². The van der Waals surface area contributed by atoms with Crippen molar-refractivity contribution in [2.24, 2.45) is 0 Å². The summed E-state index contributed by atoms with van der Waals surface area (Å²) >= 11 is 1.67. The van der Waals surface area contributed by atoms with Crippen molar-refractivity contribution >= 4 is 17.7 Å². The fraction of sp³-hybridized carbons (Fsp3) is 0.750. The molecule has 0 amide bonds. The molecule has 5 nitrogen and oxygen atoms in total. The lowest BCUT2D eigenvalue weighted by Crippen LogP contribution is -2.11. The molecule has 3 N–H and O–H groups in total. The van der Waals surface area contributed by atoms with E-state index < -0.39 is 0 Å². The summed E-state index contributed by atoms with van der Waals surface area (Å²) in [6, 6.07) is 0.307. The van der Waals surface area contributed by atoms with Crippen LogP contribution in [0.5, 0.6) is 0 Å². The first-order chi connectivity index (χ1) is 6.66. The highest BCUT2D eigenvalue weighted by atomic mass is 32.2. The maximum Gasteiger partial charge on any atom is 0.222 e. The van der Waals surface area contributed by atoms with Gasteiger partial charge in [-0.3, -0.25) is 4.57 Å². The van der Waals surface area contributed by atoms with Gasteiger partial charge < -0.3 is 11.1 Å². The van der Waals surface area contributed by atoms with Crippen LogP contribution in [0.25, 0.3) is 0 Å². The number of rotatable bonds is 5. The smallest absolute Gasteiger partial charge is 0.222 e. The number of nitrogens with one attached hydrogen (secondary N) is 1. The van der Waals surface area contributed by atoms with E-state index in [9.17, 15) is 0 Å². The van der Waals surface area contributed by atoms with Gasteiger partial charge in [-0.05, 0) is 20.9 Å². The monoisotopic (exact) mass is 215 g/mol. The van der Waals surface area contributed by atoms with Crippen molar-refractivity contribution < 1.29 is 0 Å². The van der Waals surface area contributed by atoms with Crippen molar-refractivity contribution in [1.29, 1.82) is 0 Å². The Labute approximate surface area is 88.5 Å². The summed E-state index contributed by atoms with van der Waals surface area (Å²) in [6.07, 6.45) is 0. The molecule has 0 bridgehead atoms. The standard InChI is InChI=1S/C8H17N5S/c1-6(2)13-7(9)11-12-8(13)14-5-4-10-3/h6,10H,4-5H2,1-3H3,(H2,9,11). The lowest BCUT2D eigenvalue weighted by molar-refractivity contribution is 0.557. The molecular weight excluding hydrogens is 198 g/mol. The van der Waals surface area contributed by atoms with Crippen LogP contribution in [-0.4, -0.2) is 34.1 Å². The normalized spacial score (nSPS) is 11.1. The largest absolute Gasteiger partial charge is 0.368 e. The number of hydrogen-bond acceptors (Lipinski definition) is 5. The minimum Gasteiger partial charge on any atom is -0.368 e. The highest BCUT2D eigenvalue weighted by Gasteiger charge is 2.11. The van der Waals surface area contributed by atoms with Gasteiger partial charge in [0.2, 0.25) is 5.95 Å². The van der Waals surface area contributed by atoms with Gasteiger partial charge in [0.1, 0.15) is 0 Å². The van der Waals surface area contributed by atoms with Gasteiger partial charge in [0.25, 0.3) is 0 Å². The quantitative estimate of drug-likeness (QED) is 0.560. The number of hydrogen-bond donors (Lipinski definition) is 2. The minimum atomic E-state index is 0.307. The molecule has 0 aromatic carbocycles. The molecule has 1 rings (SSSR count). The molecular formula is C8H17N5S. The lowest BCUT2D eigenvalue weighted by Gasteiger charge is -2.10. The maximum absolute atomic E-state index is 5.71. The Morgan fingerprint density at radius 1 is 1.50 bits per heavy atom. The van der Waals surface area contributed by atoms with Crippen molar-refractivity contribution in [3.05, 3.63) is 0 Å². The van der Waals surface area contributed by atoms with Crippen molar-refractivity contribution in [1.82, 2.24) is 20.1 Å². The van der Waals surface area contributed by atoms with E-state index in [2.05, 4.69) is 29.4 Å². The van der Waals surface area contributed by atoms with Crippen LogP contribution < -0.4 is 11.1 Å². The lowest BCUT2D eigenvalue weighted by atomic mass is 10.4.